The van der Waals surface area contributed by atoms with Crippen LogP contribution in [-0.4, -0.2) is 26.7 Å². The first kappa shape index (κ1) is 18.8. The zero-order chi connectivity index (χ0) is 20.6. The third-order valence-corrected chi connectivity index (χ3v) is 5.76. The van der Waals surface area contributed by atoms with Gasteiger partial charge in [0.05, 0.1) is 17.2 Å². The lowest BCUT2D eigenvalue weighted by atomic mass is 9.92. The van der Waals surface area contributed by atoms with Gasteiger partial charge in [0, 0.05) is 23.1 Å². The second kappa shape index (κ2) is 7.10. The quantitative estimate of drug-likeness (QED) is 0.394. The number of benzene rings is 2. The predicted octanol–water partition coefficient (Wildman–Crippen LogP) is 3.69. The van der Waals surface area contributed by atoms with Crippen molar-refractivity contribution in [3.8, 4) is 10.6 Å². The van der Waals surface area contributed by atoms with Crippen LogP contribution in [-0.2, 0) is 16.9 Å². The molecule has 2 aromatic carbocycles. The van der Waals surface area contributed by atoms with E-state index < -0.39 is 22.4 Å². The number of non-ortho nitro benzene ring substituents is 1. The number of nitrogens with one attached hydrogen (secondary N) is 1. The molecule has 1 N–H and O–H groups in total. The Labute approximate surface area is 170 Å². The van der Waals surface area contributed by atoms with E-state index in [1.807, 2.05) is 35.7 Å². The van der Waals surface area contributed by atoms with Crippen molar-refractivity contribution in [3.63, 3.8) is 0 Å². The molecule has 9 heteroatoms. The number of rotatable bonds is 5. The smallest absolute Gasteiger partial charge is 0.319 e. The van der Waals surface area contributed by atoms with Gasteiger partial charge in [-0.1, -0.05) is 30.3 Å². The molecule has 146 valence electrons. The van der Waals surface area contributed by atoms with Crippen LogP contribution >= 0.6 is 11.3 Å². The van der Waals surface area contributed by atoms with E-state index >= 15 is 0 Å². The maximum Gasteiger partial charge on any atom is 0.325 e. The van der Waals surface area contributed by atoms with E-state index in [0.717, 1.165) is 15.5 Å². The standard InChI is InChI=1S/C20H16N4O4S/c1-20(14-7-9-16(10-8-14)24(27)28)18(25)23(19(26)22-20)11-15-12-29-17(21-15)13-5-3-2-4-6-13/h2-10,12H,11H2,1H3,(H,22,26)/t20-/m1/s1. The number of amides is 3. The van der Waals surface area contributed by atoms with E-state index in [1.165, 1.54) is 35.6 Å². The fraction of sp³-hybridized carbons (Fsp3) is 0.150. The van der Waals surface area contributed by atoms with Crippen LogP contribution in [0.25, 0.3) is 10.6 Å². The molecule has 3 aromatic rings. The molecular weight excluding hydrogens is 392 g/mol. The Hall–Kier alpha value is -3.59. The normalized spacial score (nSPS) is 18.7. The molecule has 0 saturated carbocycles. The number of imide groups is 1. The molecule has 0 bridgehead atoms. The van der Waals surface area contributed by atoms with Crippen molar-refractivity contribution >= 4 is 29.0 Å². The summed E-state index contributed by atoms with van der Waals surface area (Å²) in [5.74, 6) is -0.425. The van der Waals surface area contributed by atoms with Gasteiger partial charge < -0.3 is 5.32 Å². The summed E-state index contributed by atoms with van der Waals surface area (Å²) in [5, 5.41) is 16.2. The minimum Gasteiger partial charge on any atom is -0.319 e. The number of hydrogen-bond donors (Lipinski definition) is 1. The minimum absolute atomic E-state index is 0.0522. The fourth-order valence-corrected chi connectivity index (χ4v) is 4.02. The van der Waals surface area contributed by atoms with Gasteiger partial charge in [0.1, 0.15) is 10.5 Å². The van der Waals surface area contributed by atoms with Crippen molar-refractivity contribution in [1.29, 1.82) is 0 Å². The summed E-state index contributed by atoms with van der Waals surface area (Å²) in [5.41, 5.74) is 0.695. The van der Waals surface area contributed by atoms with Crippen LogP contribution in [0.4, 0.5) is 10.5 Å². The Morgan fingerprint density at radius 1 is 1.14 bits per heavy atom. The third-order valence-electron chi connectivity index (χ3n) is 4.82. The molecule has 0 unspecified atom stereocenters. The first-order chi connectivity index (χ1) is 13.9. The summed E-state index contributed by atoms with van der Waals surface area (Å²) in [7, 11) is 0. The molecular formula is C20H16N4O4S. The maximum absolute atomic E-state index is 13.0. The van der Waals surface area contributed by atoms with Gasteiger partial charge in [0.15, 0.2) is 0 Å². The molecule has 0 spiro atoms. The highest BCUT2D eigenvalue weighted by Crippen LogP contribution is 2.31. The second-order valence-electron chi connectivity index (χ2n) is 6.76. The van der Waals surface area contributed by atoms with Crippen LogP contribution in [0.2, 0.25) is 0 Å². The van der Waals surface area contributed by atoms with E-state index in [0.29, 0.717) is 11.3 Å². The highest BCUT2D eigenvalue weighted by molar-refractivity contribution is 7.13. The zero-order valence-corrected chi connectivity index (χ0v) is 16.2. The molecule has 1 aromatic heterocycles. The molecule has 0 radical (unpaired) electrons. The Kier molecular flexibility index (Phi) is 4.59. The van der Waals surface area contributed by atoms with E-state index in [2.05, 4.69) is 10.3 Å². The topological polar surface area (TPSA) is 105 Å². The predicted molar refractivity (Wildman–Crippen MR) is 107 cm³/mol. The van der Waals surface area contributed by atoms with Crippen molar-refractivity contribution in [2.45, 2.75) is 19.0 Å². The van der Waals surface area contributed by atoms with Gasteiger partial charge in [-0.15, -0.1) is 11.3 Å². The highest BCUT2D eigenvalue weighted by atomic mass is 32.1. The van der Waals surface area contributed by atoms with Crippen molar-refractivity contribution < 1.29 is 14.5 Å². The lowest BCUT2D eigenvalue weighted by molar-refractivity contribution is -0.384. The van der Waals surface area contributed by atoms with E-state index in [1.54, 1.807) is 6.92 Å². The molecule has 3 amide bonds. The average molecular weight is 408 g/mol. The lowest BCUT2D eigenvalue weighted by Gasteiger charge is -2.21. The molecule has 1 aliphatic rings. The van der Waals surface area contributed by atoms with Gasteiger partial charge in [-0.05, 0) is 24.6 Å². The van der Waals surface area contributed by atoms with Crippen LogP contribution in [0, 0.1) is 10.1 Å². The summed E-state index contributed by atoms with van der Waals surface area (Å²) in [4.78, 5) is 41.5. The Bertz CT molecular complexity index is 1100. The van der Waals surface area contributed by atoms with Gasteiger partial charge >= 0.3 is 6.03 Å². The number of nitro groups is 1. The van der Waals surface area contributed by atoms with Gasteiger partial charge in [0.2, 0.25) is 0 Å². The zero-order valence-electron chi connectivity index (χ0n) is 15.4. The number of carbonyl (C=O) groups excluding carboxylic acids is 2. The molecule has 1 atom stereocenters. The largest absolute Gasteiger partial charge is 0.325 e. The molecule has 29 heavy (non-hydrogen) atoms. The molecule has 1 saturated heterocycles. The van der Waals surface area contributed by atoms with Gasteiger partial charge in [-0.3, -0.25) is 19.8 Å². The molecule has 8 nitrogen and oxygen atoms in total. The van der Waals surface area contributed by atoms with Crippen molar-refractivity contribution in [2.24, 2.45) is 0 Å². The van der Waals surface area contributed by atoms with E-state index in [9.17, 15) is 19.7 Å². The third kappa shape index (κ3) is 3.36. The lowest BCUT2D eigenvalue weighted by Crippen LogP contribution is -2.40. The number of urea groups is 1. The SMILES string of the molecule is C[C@]1(c2ccc([N+](=O)[O-])cc2)NC(=O)N(Cc2csc(-c3ccccc3)n2)C1=O. The maximum atomic E-state index is 13.0. The number of aromatic nitrogens is 1. The Morgan fingerprint density at radius 2 is 1.83 bits per heavy atom. The van der Waals surface area contributed by atoms with Crippen molar-refractivity contribution in [2.75, 3.05) is 0 Å². The van der Waals surface area contributed by atoms with Gasteiger partial charge in [0.25, 0.3) is 11.6 Å². The monoisotopic (exact) mass is 408 g/mol. The molecule has 0 aliphatic carbocycles. The summed E-state index contributed by atoms with van der Waals surface area (Å²) in [6, 6.07) is 14.7. The molecule has 4 rings (SSSR count). The summed E-state index contributed by atoms with van der Waals surface area (Å²) >= 11 is 1.44. The van der Waals surface area contributed by atoms with Crippen LogP contribution in [0.3, 0.4) is 0 Å². The van der Waals surface area contributed by atoms with Crippen LogP contribution in [0.1, 0.15) is 18.2 Å². The van der Waals surface area contributed by atoms with E-state index in [-0.39, 0.29) is 12.2 Å². The second-order valence-corrected chi connectivity index (χ2v) is 7.62. The minimum atomic E-state index is -1.29. The van der Waals surface area contributed by atoms with Crippen molar-refractivity contribution in [3.05, 3.63) is 81.3 Å². The molecule has 2 heterocycles. The van der Waals surface area contributed by atoms with Gasteiger partial charge in [-0.25, -0.2) is 9.78 Å². The first-order valence-corrected chi connectivity index (χ1v) is 9.65. The fourth-order valence-electron chi connectivity index (χ4n) is 3.21. The first-order valence-electron chi connectivity index (χ1n) is 8.77. The highest BCUT2D eigenvalue weighted by Gasteiger charge is 2.49. The summed E-state index contributed by atoms with van der Waals surface area (Å²) in [6.07, 6.45) is 0. The average Bonchev–Trinajstić information content (AvgIpc) is 3.28. The van der Waals surface area contributed by atoms with Crippen molar-refractivity contribution in [1.82, 2.24) is 15.2 Å². The summed E-state index contributed by atoms with van der Waals surface area (Å²) < 4.78 is 0. The van der Waals surface area contributed by atoms with Crippen LogP contribution in [0.15, 0.2) is 60.0 Å². The van der Waals surface area contributed by atoms with Crippen LogP contribution in [0.5, 0.6) is 0 Å². The Morgan fingerprint density at radius 3 is 2.48 bits per heavy atom. The van der Waals surface area contributed by atoms with Gasteiger partial charge in [-0.2, -0.15) is 0 Å². The van der Waals surface area contributed by atoms with Crippen LogP contribution < -0.4 is 5.32 Å². The number of nitrogens with zero attached hydrogens (tertiary/aromatic N) is 3. The molecule has 1 aliphatic heterocycles. The number of nitro benzene ring substituents is 1. The molecule has 1 fully saturated rings. The number of hydrogen-bond acceptors (Lipinski definition) is 6. The Balaban J connectivity index is 1.55. The van der Waals surface area contributed by atoms with E-state index in [4.69, 9.17) is 0 Å². The number of thiazole rings is 1. The summed E-state index contributed by atoms with van der Waals surface area (Å²) in [6.45, 7) is 1.64. The number of carbonyl (C=O) groups is 2.